The van der Waals surface area contributed by atoms with Crippen LogP contribution in [-0.2, 0) is 6.54 Å². The van der Waals surface area contributed by atoms with Gasteiger partial charge in [0, 0.05) is 12.1 Å². The summed E-state index contributed by atoms with van der Waals surface area (Å²) >= 11 is 0. The molecule has 0 radical (unpaired) electrons. The molecule has 0 unspecified atom stereocenters. The summed E-state index contributed by atoms with van der Waals surface area (Å²) in [6.07, 6.45) is 10.5. The standard InChI is InChI=1S/C30H43N3O3/c1-4-35-27-18-19-28-29(22-27)33(25-12-8-7-9-13-25)30(34)32(28)23-24-14-16-26(17-15-24)36-21-11-6-5-10-20-31(2)3/h14-19,22,25H,4-13,20-21,23H2,1-3H3. The third kappa shape index (κ3) is 6.73. The van der Waals surface area contributed by atoms with Gasteiger partial charge in [-0.1, -0.05) is 44.2 Å². The van der Waals surface area contributed by atoms with Gasteiger partial charge in [0.05, 0.1) is 30.8 Å². The minimum Gasteiger partial charge on any atom is -0.494 e. The van der Waals surface area contributed by atoms with Crippen molar-refractivity contribution < 1.29 is 9.47 Å². The molecule has 0 saturated heterocycles. The van der Waals surface area contributed by atoms with Crippen molar-refractivity contribution >= 4 is 11.0 Å². The van der Waals surface area contributed by atoms with Gasteiger partial charge in [0.15, 0.2) is 0 Å². The molecule has 1 saturated carbocycles. The van der Waals surface area contributed by atoms with Crippen LogP contribution >= 0.6 is 0 Å². The number of imidazole rings is 1. The average molecular weight is 494 g/mol. The molecule has 6 nitrogen and oxygen atoms in total. The summed E-state index contributed by atoms with van der Waals surface area (Å²) in [5.74, 6) is 1.72. The maximum atomic E-state index is 13.7. The van der Waals surface area contributed by atoms with Crippen LogP contribution in [0.15, 0.2) is 47.3 Å². The lowest BCUT2D eigenvalue weighted by atomic mass is 9.95. The van der Waals surface area contributed by atoms with Crippen LogP contribution in [0.2, 0.25) is 0 Å². The smallest absolute Gasteiger partial charge is 0.329 e. The largest absolute Gasteiger partial charge is 0.494 e. The second-order valence-corrected chi connectivity index (χ2v) is 10.3. The van der Waals surface area contributed by atoms with E-state index in [0.717, 1.165) is 60.5 Å². The highest BCUT2D eigenvalue weighted by Gasteiger charge is 2.23. The highest BCUT2D eigenvalue weighted by Crippen LogP contribution is 2.31. The van der Waals surface area contributed by atoms with Gasteiger partial charge in [0.1, 0.15) is 11.5 Å². The Morgan fingerprint density at radius 1 is 0.861 bits per heavy atom. The lowest BCUT2D eigenvalue weighted by Crippen LogP contribution is -2.29. The molecular weight excluding hydrogens is 450 g/mol. The molecule has 0 amide bonds. The first-order valence-corrected chi connectivity index (χ1v) is 13.8. The lowest BCUT2D eigenvalue weighted by Gasteiger charge is -2.23. The summed E-state index contributed by atoms with van der Waals surface area (Å²) in [7, 11) is 4.24. The van der Waals surface area contributed by atoms with Crippen molar-refractivity contribution in [1.29, 1.82) is 0 Å². The van der Waals surface area contributed by atoms with Crippen LogP contribution < -0.4 is 15.2 Å². The van der Waals surface area contributed by atoms with Crippen LogP contribution in [0, 0.1) is 0 Å². The zero-order chi connectivity index (χ0) is 25.3. The van der Waals surface area contributed by atoms with E-state index in [0.29, 0.717) is 13.2 Å². The number of aromatic nitrogens is 2. The fraction of sp³-hybridized carbons (Fsp3) is 0.567. The van der Waals surface area contributed by atoms with Crippen molar-refractivity contribution in [1.82, 2.24) is 14.0 Å². The minimum atomic E-state index is 0.0835. The third-order valence-electron chi connectivity index (χ3n) is 7.22. The van der Waals surface area contributed by atoms with Gasteiger partial charge in [-0.25, -0.2) is 4.79 Å². The van der Waals surface area contributed by atoms with E-state index in [2.05, 4.69) is 31.1 Å². The van der Waals surface area contributed by atoms with E-state index in [-0.39, 0.29) is 11.7 Å². The predicted molar refractivity (Wildman–Crippen MR) is 148 cm³/mol. The Kier molecular flexibility index (Phi) is 9.51. The van der Waals surface area contributed by atoms with E-state index in [9.17, 15) is 4.79 Å². The summed E-state index contributed by atoms with van der Waals surface area (Å²) in [6.45, 7) is 5.06. The summed E-state index contributed by atoms with van der Waals surface area (Å²) in [4.78, 5) is 15.9. The van der Waals surface area contributed by atoms with Crippen LogP contribution in [0.25, 0.3) is 11.0 Å². The van der Waals surface area contributed by atoms with Gasteiger partial charge in [-0.05, 0) is 83.1 Å². The number of rotatable bonds is 13. The van der Waals surface area contributed by atoms with Crippen LogP contribution in [-0.4, -0.2) is 47.9 Å². The van der Waals surface area contributed by atoms with E-state index in [1.54, 1.807) is 0 Å². The zero-order valence-corrected chi connectivity index (χ0v) is 22.4. The monoisotopic (exact) mass is 493 g/mol. The fourth-order valence-electron chi connectivity index (χ4n) is 5.31. The van der Waals surface area contributed by atoms with Gasteiger partial charge in [0.2, 0.25) is 0 Å². The van der Waals surface area contributed by atoms with E-state index in [1.165, 1.54) is 38.5 Å². The molecule has 0 N–H and O–H groups in total. The summed E-state index contributed by atoms with van der Waals surface area (Å²) in [5.41, 5.74) is 3.15. The molecule has 0 atom stereocenters. The predicted octanol–water partition coefficient (Wildman–Crippen LogP) is 6.26. The molecule has 1 aromatic heterocycles. The Morgan fingerprint density at radius 3 is 2.31 bits per heavy atom. The van der Waals surface area contributed by atoms with Crippen LogP contribution in [0.3, 0.4) is 0 Å². The highest BCUT2D eigenvalue weighted by atomic mass is 16.5. The van der Waals surface area contributed by atoms with Crippen molar-refractivity contribution in [3.63, 3.8) is 0 Å². The van der Waals surface area contributed by atoms with Gasteiger partial charge in [0.25, 0.3) is 0 Å². The summed E-state index contributed by atoms with van der Waals surface area (Å²) in [5, 5.41) is 0. The lowest BCUT2D eigenvalue weighted by molar-refractivity contribution is 0.302. The first-order chi connectivity index (χ1) is 17.6. The van der Waals surface area contributed by atoms with E-state index >= 15 is 0 Å². The van der Waals surface area contributed by atoms with Gasteiger partial charge < -0.3 is 14.4 Å². The molecule has 3 aromatic rings. The summed E-state index contributed by atoms with van der Waals surface area (Å²) < 4.78 is 15.7. The number of unbranched alkanes of at least 4 members (excludes halogenated alkanes) is 3. The Morgan fingerprint density at radius 2 is 1.58 bits per heavy atom. The van der Waals surface area contributed by atoms with Crippen molar-refractivity contribution in [3.8, 4) is 11.5 Å². The van der Waals surface area contributed by atoms with Gasteiger partial charge in [-0.3, -0.25) is 9.13 Å². The fourth-order valence-corrected chi connectivity index (χ4v) is 5.31. The van der Waals surface area contributed by atoms with Crippen molar-refractivity contribution in [3.05, 3.63) is 58.5 Å². The molecule has 2 aromatic carbocycles. The van der Waals surface area contributed by atoms with E-state index in [4.69, 9.17) is 9.47 Å². The third-order valence-corrected chi connectivity index (χ3v) is 7.22. The quantitative estimate of drug-likeness (QED) is 0.264. The maximum absolute atomic E-state index is 13.7. The molecule has 36 heavy (non-hydrogen) atoms. The number of benzene rings is 2. The Bertz CT molecular complexity index is 1140. The first kappa shape index (κ1) is 26.3. The zero-order valence-electron chi connectivity index (χ0n) is 22.4. The van der Waals surface area contributed by atoms with Gasteiger partial charge >= 0.3 is 5.69 Å². The maximum Gasteiger partial charge on any atom is 0.329 e. The molecule has 1 heterocycles. The topological polar surface area (TPSA) is 48.6 Å². The number of nitrogens with zero attached hydrogens (tertiary/aromatic N) is 3. The van der Waals surface area contributed by atoms with Crippen LogP contribution in [0.5, 0.6) is 11.5 Å². The molecule has 0 spiro atoms. The normalized spacial score (nSPS) is 14.6. The second kappa shape index (κ2) is 13.0. The van der Waals surface area contributed by atoms with E-state index < -0.39 is 0 Å². The number of ether oxygens (including phenoxy) is 2. The SMILES string of the molecule is CCOc1ccc2c(c1)n(C1CCCCC1)c(=O)n2Cc1ccc(OCCCCCCN(C)C)cc1. The number of hydrogen-bond acceptors (Lipinski definition) is 4. The highest BCUT2D eigenvalue weighted by molar-refractivity contribution is 5.78. The minimum absolute atomic E-state index is 0.0835. The van der Waals surface area contributed by atoms with Crippen molar-refractivity contribution in [2.75, 3.05) is 33.9 Å². The molecule has 196 valence electrons. The molecular formula is C30H43N3O3. The average Bonchev–Trinajstić information content (AvgIpc) is 3.15. The van der Waals surface area contributed by atoms with Crippen LogP contribution in [0.4, 0.5) is 0 Å². The van der Waals surface area contributed by atoms with E-state index in [1.807, 2.05) is 46.4 Å². The number of fused-ring (bicyclic) bond motifs is 1. The molecule has 0 bridgehead atoms. The molecule has 6 heteroatoms. The molecule has 0 aliphatic heterocycles. The van der Waals surface area contributed by atoms with Gasteiger partial charge in [-0.15, -0.1) is 0 Å². The molecule has 1 aliphatic carbocycles. The Labute approximate surface area is 215 Å². The van der Waals surface area contributed by atoms with Crippen LogP contribution in [0.1, 0.15) is 76.3 Å². The number of hydrogen-bond donors (Lipinski definition) is 0. The molecule has 4 rings (SSSR count). The van der Waals surface area contributed by atoms with Crippen molar-refractivity contribution in [2.24, 2.45) is 0 Å². The Hall–Kier alpha value is -2.73. The van der Waals surface area contributed by atoms with Crippen molar-refractivity contribution in [2.45, 2.75) is 77.3 Å². The molecule has 1 aliphatic rings. The second-order valence-electron chi connectivity index (χ2n) is 10.3. The molecule has 1 fully saturated rings. The first-order valence-electron chi connectivity index (χ1n) is 13.8. The summed E-state index contributed by atoms with van der Waals surface area (Å²) in [6, 6.07) is 14.5. The Balaban J connectivity index is 1.44. The van der Waals surface area contributed by atoms with Gasteiger partial charge in [-0.2, -0.15) is 0 Å².